The number of carbonyl (C=O) groups excluding carboxylic acids is 1. The lowest BCUT2D eigenvalue weighted by atomic mass is 10.0. The van der Waals surface area contributed by atoms with Crippen LogP contribution >= 0.6 is 0 Å². The number of nitrogens with one attached hydrogen (secondary N) is 1. The number of rotatable bonds is 7. The minimum atomic E-state index is -3.58. The zero-order valence-electron chi connectivity index (χ0n) is 17.4. The summed E-state index contributed by atoms with van der Waals surface area (Å²) in [6.45, 7) is 4.08. The second-order valence-corrected chi connectivity index (χ2v) is 9.49. The minimum absolute atomic E-state index is 0.146. The molecular weight excluding hydrogens is 374 g/mol. The van der Waals surface area contributed by atoms with E-state index in [0.29, 0.717) is 18.5 Å². The molecule has 0 saturated heterocycles. The normalized spacial score (nSPS) is 11.5. The van der Waals surface area contributed by atoms with Crippen LogP contribution in [-0.2, 0) is 21.2 Å². The van der Waals surface area contributed by atoms with E-state index >= 15 is 0 Å². The molecule has 7 heteroatoms. The van der Waals surface area contributed by atoms with Crippen LogP contribution < -0.4 is 10.2 Å². The molecule has 0 aromatic heterocycles. The van der Waals surface area contributed by atoms with Gasteiger partial charge in [-0.3, -0.25) is 4.79 Å². The van der Waals surface area contributed by atoms with E-state index in [1.807, 2.05) is 45.0 Å². The van der Waals surface area contributed by atoms with E-state index < -0.39 is 10.0 Å². The van der Waals surface area contributed by atoms with Gasteiger partial charge in [0.25, 0.3) is 0 Å². The number of hydrogen-bond donors (Lipinski definition) is 1. The van der Waals surface area contributed by atoms with Crippen molar-refractivity contribution < 1.29 is 13.2 Å². The van der Waals surface area contributed by atoms with Crippen molar-refractivity contribution in [2.75, 3.05) is 38.4 Å². The van der Waals surface area contributed by atoms with Crippen molar-refractivity contribution >= 4 is 27.3 Å². The Kier molecular flexibility index (Phi) is 6.85. The van der Waals surface area contributed by atoms with Crippen LogP contribution in [0, 0.1) is 13.8 Å². The summed E-state index contributed by atoms with van der Waals surface area (Å²) in [5, 5.41) is 2.88. The molecule has 0 atom stereocenters. The van der Waals surface area contributed by atoms with E-state index in [9.17, 15) is 13.2 Å². The smallest absolute Gasteiger partial charge is 0.242 e. The van der Waals surface area contributed by atoms with E-state index in [4.69, 9.17) is 0 Å². The molecule has 2 rings (SSSR count). The molecule has 2 aromatic rings. The molecule has 152 valence electrons. The Balaban J connectivity index is 2.22. The second-order valence-electron chi connectivity index (χ2n) is 7.34. The van der Waals surface area contributed by atoms with Gasteiger partial charge in [-0.1, -0.05) is 23.8 Å². The Morgan fingerprint density at radius 2 is 1.68 bits per heavy atom. The molecule has 6 nitrogen and oxygen atoms in total. The van der Waals surface area contributed by atoms with Gasteiger partial charge in [-0.15, -0.1) is 0 Å². The van der Waals surface area contributed by atoms with Gasteiger partial charge in [-0.25, -0.2) is 12.7 Å². The highest BCUT2D eigenvalue weighted by molar-refractivity contribution is 7.89. The quantitative estimate of drug-likeness (QED) is 0.771. The number of sulfonamides is 1. The molecule has 0 spiro atoms. The van der Waals surface area contributed by atoms with Crippen molar-refractivity contribution in [2.45, 2.75) is 31.6 Å². The maximum atomic E-state index is 12.5. The molecule has 0 bridgehead atoms. The maximum absolute atomic E-state index is 12.5. The predicted octanol–water partition coefficient (Wildman–Crippen LogP) is 3.19. The lowest BCUT2D eigenvalue weighted by molar-refractivity contribution is -0.116. The van der Waals surface area contributed by atoms with Crippen molar-refractivity contribution in [1.82, 2.24) is 4.31 Å². The Bertz CT molecular complexity index is 967. The molecule has 0 aliphatic heterocycles. The SMILES string of the molecule is Cc1ccc(CCC(=O)Nc2cc(S(=O)(=O)N(C)C)ccc2N(C)C)c(C)c1. The average molecular weight is 404 g/mol. The predicted molar refractivity (Wildman–Crippen MR) is 115 cm³/mol. The van der Waals surface area contributed by atoms with Crippen LogP contribution in [0.3, 0.4) is 0 Å². The Morgan fingerprint density at radius 3 is 2.25 bits per heavy atom. The van der Waals surface area contributed by atoms with Crippen molar-refractivity contribution in [3.63, 3.8) is 0 Å². The van der Waals surface area contributed by atoms with Crippen LogP contribution in [0.2, 0.25) is 0 Å². The largest absolute Gasteiger partial charge is 0.376 e. The standard InChI is InChI=1S/C21H29N3O3S/c1-15-7-8-17(16(2)13-15)9-12-21(25)22-19-14-18(28(26,27)24(5)6)10-11-20(19)23(3)4/h7-8,10-11,13-14H,9,12H2,1-6H3,(H,22,25). The lowest BCUT2D eigenvalue weighted by Gasteiger charge is -2.20. The Morgan fingerprint density at radius 1 is 1.00 bits per heavy atom. The van der Waals surface area contributed by atoms with Gasteiger partial charge < -0.3 is 10.2 Å². The van der Waals surface area contributed by atoms with Gasteiger partial charge in [0.05, 0.1) is 16.3 Å². The molecular formula is C21H29N3O3S. The van der Waals surface area contributed by atoms with Crippen molar-refractivity contribution in [2.24, 2.45) is 0 Å². The fourth-order valence-corrected chi connectivity index (χ4v) is 3.89. The molecule has 2 aromatic carbocycles. The van der Waals surface area contributed by atoms with Gasteiger partial charge in [0, 0.05) is 34.6 Å². The van der Waals surface area contributed by atoms with E-state index in [1.54, 1.807) is 12.1 Å². The van der Waals surface area contributed by atoms with E-state index in [2.05, 4.69) is 11.4 Å². The number of aryl methyl sites for hydroxylation is 3. The molecule has 1 N–H and O–H groups in total. The third-order valence-electron chi connectivity index (χ3n) is 4.62. The Labute approximate surface area is 168 Å². The van der Waals surface area contributed by atoms with Crippen molar-refractivity contribution in [3.05, 3.63) is 53.1 Å². The average Bonchev–Trinajstić information content (AvgIpc) is 2.60. The highest BCUT2D eigenvalue weighted by Gasteiger charge is 2.20. The number of anilines is 2. The van der Waals surface area contributed by atoms with Crippen molar-refractivity contribution in [1.29, 1.82) is 0 Å². The zero-order chi connectivity index (χ0) is 21.1. The number of nitrogens with zero attached hydrogens (tertiary/aromatic N) is 2. The zero-order valence-corrected chi connectivity index (χ0v) is 18.2. The Hall–Kier alpha value is -2.38. The topological polar surface area (TPSA) is 69.7 Å². The molecule has 1 amide bonds. The lowest BCUT2D eigenvalue weighted by Crippen LogP contribution is -2.23. The van der Waals surface area contributed by atoms with Crippen LogP contribution in [0.1, 0.15) is 23.1 Å². The number of hydrogen-bond acceptors (Lipinski definition) is 4. The molecule has 0 heterocycles. The summed E-state index contributed by atoms with van der Waals surface area (Å²) in [4.78, 5) is 14.5. The first kappa shape index (κ1) is 21.9. The maximum Gasteiger partial charge on any atom is 0.242 e. The fraction of sp³-hybridized carbons (Fsp3) is 0.381. The summed E-state index contributed by atoms with van der Waals surface area (Å²) in [7, 11) is 3.08. The van der Waals surface area contributed by atoms with Crippen LogP contribution in [0.15, 0.2) is 41.3 Å². The van der Waals surface area contributed by atoms with Crippen LogP contribution in [-0.4, -0.2) is 46.8 Å². The molecule has 0 fully saturated rings. The third-order valence-corrected chi connectivity index (χ3v) is 6.43. The molecule has 0 aliphatic rings. The summed E-state index contributed by atoms with van der Waals surface area (Å²) in [5.74, 6) is -0.150. The minimum Gasteiger partial charge on any atom is -0.376 e. The summed E-state index contributed by atoms with van der Waals surface area (Å²) >= 11 is 0. The molecule has 28 heavy (non-hydrogen) atoms. The van der Waals surface area contributed by atoms with E-state index in [1.165, 1.54) is 31.3 Å². The molecule has 0 saturated carbocycles. The van der Waals surface area contributed by atoms with E-state index in [0.717, 1.165) is 15.6 Å². The van der Waals surface area contributed by atoms with Gasteiger partial charge >= 0.3 is 0 Å². The number of amides is 1. The summed E-state index contributed by atoms with van der Waals surface area (Å²) in [6.07, 6.45) is 0.951. The number of carbonyl (C=O) groups is 1. The summed E-state index contributed by atoms with van der Waals surface area (Å²) < 4.78 is 26.0. The second kappa shape index (κ2) is 8.75. The molecule has 0 unspecified atom stereocenters. The van der Waals surface area contributed by atoms with Gasteiger partial charge in [0.2, 0.25) is 15.9 Å². The number of benzene rings is 2. The first-order chi connectivity index (χ1) is 13.0. The van der Waals surface area contributed by atoms with Gasteiger partial charge in [-0.2, -0.15) is 0 Å². The van der Waals surface area contributed by atoms with Gasteiger partial charge in [-0.05, 0) is 49.6 Å². The van der Waals surface area contributed by atoms with E-state index in [-0.39, 0.29) is 10.8 Å². The van der Waals surface area contributed by atoms with Crippen molar-refractivity contribution in [3.8, 4) is 0 Å². The van der Waals surface area contributed by atoms with Gasteiger partial charge in [0.15, 0.2) is 0 Å². The highest BCUT2D eigenvalue weighted by Crippen LogP contribution is 2.29. The first-order valence-electron chi connectivity index (χ1n) is 9.12. The monoisotopic (exact) mass is 403 g/mol. The van der Waals surface area contributed by atoms with Crippen LogP contribution in [0.25, 0.3) is 0 Å². The van der Waals surface area contributed by atoms with Gasteiger partial charge in [0.1, 0.15) is 0 Å². The summed E-state index contributed by atoms with van der Waals surface area (Å²) in [5.41, 5.74) is 4.73. The van der Waals surface area contributed by atoms with Crippen LogP contribution in [0.4, 0.5) is 11.4 Å². The molecule has 0 radical (unpaired) electrons. The first-order valence-corrected chi connectivity index (χ1v) is 10.6. The molecule has 0 aliphatic carbocycles. The highest BCUT2D eigenvalue weighted by atomic mass is 32.2. The third kappa shape index (κ3) is 5.11. The fourth-order valence-electron chi connectivity index (χ4n) is 2.96. The summed E-state index contributed by atoms with van der Waals surface area (Å²) in [6, 6.07) is 11.0. The van der Waals surface area contributed by atoms with Crippen LogP contribution in [0.5, 0.6) is 0 Å².